The summed E-state index contributed by atoms with van der Waals surface area (Å²) in [6.45, 7) is 0. The van der Waals surface area contributed by atoms with Crippen molar-refractivity contribution in [1.29, 1.82) is 5.26 Å². The van der Waals surface area contributed by atoms with Crippen molar-refractivity contribution in [2.45, 2.75) is 6.10 Å². The molecule has 1 N–H and O–H groups in total. The van der Waals surface area contributed by atoms with Crippen LogP contribution in [-0.4, -0.2) is 38.1 Å². The third kappa shape index (κ3) is 2.56. The van der Waals surface area contributed by atoms with Gasteiger partial charge in [-0.05, 0) is 0 Å². The predicted molar refractivity (Wildman–Crippen MR) is 46.1 cm³/mol. The predicted octanol–water partition coefficient (Wildman–Crippen LogP) is -1.80. The number of aliphatic hydroxyl groups excluding tert-OH is 1. The summed E-state index contributed by atoms with van der Waals surface area (Å²) in [5, 5.41) is 17.1. The zero-order valence-electron chi connectivity index (χ0n) is 5.62. The summed E-state index contributed by atoms with van der Waals surface area (Å²) in [7, 11) is 6.84. The van der Waals surface area contributed by atoms with E-state index in [2.05, 4.69) is 15.0 Å². The molecule has 0 rings (SSSR count). The molecule has 1 unspecified atom stereocenters. The number of nitrogens with zero attached hydrogens (tertiary/aromatic N) is 1. The first-order valence-corrected chi connectivity index (χ1v) is 2.79. The molecular formula is C6H7B2NO. The average molecular weight is 131 g/mol. The van der Waals surface area contributed by atoms with Gasteiger partial charge in [0.15, 0.2) is 0 Å². The van der Waals surface area contributed by atoms with Crippen LogP contribution in [0.3, 0.4) is 0 Å². The third-order valence-electron chi connectivity index (χ3n) is 0.984. The molecule has 0 saturated heterocycles. The monoisotopic (exact) mass is 131 g/mol. The number of allylic oxidation sites excluding steroid dienone is 1. The molecule has 0 aromatic rings. The summed E-state index contributed by atoms with van der Waals surface area (Å²) in [4.78, 5) is 0. The Morgan fingerprint density at radius 2 is 2.20 bits per heavy atom. The van der Waals surface area contributed by atoms with E-state index < -0.39 is 6.10 Å². The van der Waals surface area contributed by atoms with E-state index in [9.17, 15) is 0 Å². The SMILES string of the molecule is B=C/C=C(\C=B)C(O)C#N. The summed E-state index contributed by atoms with van der Waals surface area (Å²) in [6.07, 6.45) is 0.455. The zero-order valence-corrected chi connectivity index (χ0v) is 5.62. The van der Waals surface area contributed by atoms with Gasteiger partial charge in [0.05, 0.1) is 0 Å². The van der Waals surface area contributed by atoms with E-state index in [4.69, 9.17) is 10.4 Å². The van der Waals surface area contributed by atoms with Gasteiger partial charge < -0.3 is 0 Å². The van der Waals surface area contributed by atoms with E-state index in [1.54, 1.807) is 12.1 Å². The molecule has 0 aliphatic carbocycles. The molecule has 0 radical (unpaired) electrons. The van der Waals surface area contributed by atoms with Crippen molar-refractivity contribution in [1.82, 2.24) is 0 Å². The van der Waals surface area contributed by atoms with Crippen molar-refractivity contribution in [3.05, 3.63) is 11.6 Å². The molecule has 4 heteroatoms. The summed E-state index contributed by atoms with van der Waals surface area (Å²) in [5.41, 5.74) is 0.470. The fourth-order valence-corrected chi connectivity index (χ4v) is 0.481. The van der Waals surface area contributed by atoms with Gasteiger partial charge in [-0.3, -0.25) is 0 Å². The van der Waals surface area contributed by atoms with Crippen LogP contribution in [0.4, 0.5) is 0 Å². The molecule has 0 spiro atoms. The van der Waals surface area contributed by atoms with E-state index in [1.165, 1.54) is 11.9 Å². The number of rotatable bonds is 3. The van der Waals surface area contributed by atoms with Crippen LogP contribution in [-0.2, 0) is 0 Å². The molecule has 0 heterocycles. The number of hydrogen-bond acceptors (Lipinski definition) is 2. The second-order valence-electron chi connectivity index (χ2n) is 1.64. The molecule has 10 heavy (non-hydrogen) atoms. The van der Waals surface area contributed by atoms with E-state index in [0.717, 1.165) is 0 Å². The quantitative estimate of drug-likeness (QED) is 0.362. The van der Waals surface area contributed by atoms with Gasteiger partial charge in [-0.2, -0.15) is 0 Å². The van der Waals surface area contributed by atoms with Crippen LogP contribution >= 0.6 is 0 Å². The first-order valence-electron chi connectivity index (χ1n) is 2.79. The fraction of sp³-hybridized carbons (Fsp3) is 0.167. The Morgan fingerprint density at radius 1 is 1.60 bits per heavy atom. The minimum atomic E-state index is -1.09. The van der Waals surface area contributed by atoms with Crippen molar-refractivity contribution in [3.63, 3.8) is 0 Å². The van der Waals surface area contributed by atoms with E-state index >= 15 is 0 Å². The molecule has 0 aromatic heterocycles. The van der Waals surface area contributed by atoms with Crippen molar-refractivity contribution in [3.8, 4) is 6.07 Å². The molecule has 2 nitrogen and oxygen atoms in total. The second kappa shape index (κ2) is 4.89. The zero-order chi connectivity index (χ0) is 7.98. The van der Waals surface area contributed by atoms with Gasteiger partial charge in [0.2, 0.25) is 0 Å². The Morgan fingerprint density at radius 3 is 2.50 bits per heavy atom. The van der Waals surface area contributed by atoms with Crippen LogP contribution in [0.25, 0.3) is 0 Å². The van der Waals surface area contributed by atoms with Crippen LogP contribution in [0, 0.1) is 11.3 Å². The number of hydrogen-bond donors (Lipinski definition) is 1. The Bertz CT molecular complexity index is 204. The van der Waals surface area contributed by atoms with Crippen molar-refractivity contribution >= 4 is 26.9 Å². The topological polar surface area (TPSA) is 44.0 Å². The van der Waals surface area contributed by atoms with Gasteiger partial charge >= 0.3 is 61.1 Å². The minimum absolute atomic E-state index is 0.470. The molecule has 48 valence electrons. The number of nitriles is 1. The standard InChI is InChI=1S/C6H7B2NO/c7-2-1-5(3-8)6(10)4-9/h1-3,6-8,10H/b5-1+. The van der Waals surface area contributed by atoms with Crippen LogP contribution in [0.15, 0.2) is 11.6 Å². The summed E-state index contributed by atoms with van der Waals surface area (Å²) in [6, 6.07) is 1.67. The molecule has 0 amide bonds. The Hall–Kier alpha value is -0.940. The Balaban J connectivity index is 4.37. The van der Waals surface area contributed by atoms with E-state index in [-0.39, 0.29) is 0 Å². The molecule has 0 fully saturated rings. The molecule has 0 aliphatic rings. The average Bonchev–Trinajstić information content (AvgIpc) is 1.99. The number of aliphatic hydroxyl groups is 1. The maximum atomic E-state index is 8.90. The normalized spacial score (nSPS) is 13.2. The van der Waals surface area contributed by atoms with Crippen LogP contribution < -0.4 is 0 Å². The summed E-state index contributed by atoms with van der Waals surface area (Å²) in [5.74, 6) is 2.92. The molecular weight excluding hydrogens is 124 g/mol. The van der Waals surface area contributed by atoms with Crippen LogP contribution in [0.1, 0.15) is 0 Å². The van der Waals surface area contributed by atoms with Gasteiger partial charge in [-0.15, -0.1) is 0 Å². The maximum absolute atomic E-state index is 8.90. The fourth-order valence-electron chi connectivity index (χ4n) is 0.481. The van der Waals surface area contributed by atoms with Gasteiger partial charge in [-0.1, -0.05) is 0 Å². The molecule has 0 bridgehead atoms. The van der Waals surface area contributed by atoms with Gasteiger partial charge in [0.1, 0.15) is 0 Å². The first kappa shape index (κ1) is 9.06. The van der Waals surface area contributed by atoms with Crippen LogP contribution in [0.5, 0.6) is 0 Å². The summed E-state index contributed by atoms with van der Waals surface area (Å²) < 4.78 is 0. The Kier molecular flexibility index (Phi) is 4.43. The molecule has 0 aromatic carbocycles. The van der Waals surface area contributed by atoms with E-state index in [1.807, 2.05) is 0 Å². The van der Waals surface area contributed by atoms with Crippen molar-refractivity contribution < 1.29 is 5.11 Å². The molecule has 1 atom stereocenters. The third-order valence-corrected chi connectivity index (χ3v) is 0.984. The first-order chi connectivity index (χ1) is 4.76. The molecule has 0 aliphatic heterocycles. The molecule has 0 saturated carbocycles. The van der Waals surface area contributed by atoms with Gasteiger partial charge in [-0.25, -0.2) is 0 Å². The van der Waals surface area contributed by atoms with Gasteiger partial charge in [0, 0.05) is 0 Å². The van der Waals surface area contributed by atoms with Gasteiger partial charge in [0.25, 0.3) is 0 Å². The van der Waals surface area contributed by atoms with Crippen LogP contribution in [0.2, 0.25) is 0 Å². The van der Waals surface area contributed by atoms with Crippen molar-refractivity contribution in [2.24, 2.45) is 0 Å². The Labute approximate surface area is 61.9 Å². The van der Waals surface area contributed by atoms with E-state index in [0.29, 0.717) is 5.57 Å². The second-order valence-corrected chi connectivity index (χ2v) is 1.64. The van der Waals surface area contributed by atoms with Crippen molar-refractivity contribution in [2.75, 3.05) is 0 Å². The summed E-state index contributed by atoms with van der Waals surface area (Å²) >= 11 is 0.